The molecule has 2 aromatic carbocycles. The number of fused-ring (bicyclic) bond motifs is 4. The number of esters is 2. The Kier molecular flexibility index (Phi) is 8.54. The van der Waals surface area contributed by atoms with Crippen molar-refractivity contribution in [3.63, 3.8) is 0 Å². The van der Waals surface area contributed by atoms with Crippen LogP contribution in [0, 0.1) is 17.3 Å². The van der Waals surface area contributed by atoms with Crippen LogP contribution < -0.4 is 0 Å². The number of hydrogen-bond acceptors (Lipinski definition) is 11. The molecule has 10 unspecified atom stereocenters. The van der Waals surface area contributed by atoms with Gasteiger partial charge >= 0.3 is 11.9 Å². The first-order valence-corrected chi connectivity index (χ1v) is 18.5. The minimum absolute atomic E-state index is 0.157. The number of ether oxygens (including phenoxy) is 7. The number of benzene rings is 2. The summed E-state index contributed by atoms with van der Waals surface area (Å²) in [4.78, 5) is 30.8. The second-order valence-corrected chi connectivity index (χ2v) is 16.1. The lowest BCUT2D eigenvalue weighted by Gasteiger charge is -2.62. The number of carbonyl (C=O) groups is 2. The van der Waals surface area contributed by atoms with Gasteiger partial charge in [0.05, 0.1) is 19.6 Å². The molecular weight excluding hydrogens is 682 g/mol. The maximum Gasteiger partial charge on any atom is 0.355 e. The summed E-state index contributed by atoms with van der Waals surface area (Å²) >= 11 is 0. The van der Waals surface area contributed by atoms with Crippen LogP contribution in [0.25, 0.3) is 0 Å². The Bertz CT molecular complexity index is 1840. The minimum atomic E-state index is -2.43. The third-order valence-corrected chi connectivity index (χ3v) is 13.4. The molecule has 3 aromatic rings. The zero-order valence-corrected chi connectivity index (χ0v) is 30.8. The van der Waals surface area contributed by atoms with Gasteiger partial charge in [-0.05, 0) is 54.9 Å². The van der Waals surface area contributed by atoms with Crippen molar-refractivity contribution in [3.05, 3.63) is 95.8 Å². The lowest BCUT2D eigenvalue weighted by atomic mass is 9.54. The molecule has 5 fully saturated rings. The van der Waals surface area contributed by atoms with Crippen molar-refractivity contribution in [2.75, 3.05) is 13.6 Å². The molecule has 12 nitrogen and oxygen atoms in total. The van der Waals surface area contributed by atoms with Crippen LogP contribution in [0.4, 0.5) is 0 Å². The van der Waals surface area contributed by atoms with E-state index in [4.69, 9.17) is 33.2 Å². The number of aromatic amines is 1. The quantitative estimate of drug-likeness (QED) is 0.0958. The molecule has 3 saturated carbocycles. The second kappa shape index (κ2) is 12.5. The fraction of sp³-hybridized carbons (Fsp3) is 0.561. The number of rotatable bonds is 13. The topological polar surface area (TPSA) is 158 Å². The molecule has 12 heteroatoms. The zero-order valence-electron chi connectivity index (χ0n) is 30.8. The lowest BCUT2D eigenvalue weighted by Crippen LogP contribution is -2.81. The number of hydrogen-bond donors (Lipinski definition) is 3. The summed E-state index contributed by atoms with van der Waals surface area (Å²) in [5.41, 5.74) is -11.1. The lowest BCUT2D eigenvalue weighted by molar-refractivity contribution is -0.355. The third-order valence-electron chi connectivity index (χ3n) is 13.4. The van der Waals surface area contributed by atoms with Gasteiger partial charge in [0.15, 0.2) is 11.7 Å². The van der Waals surface area contributed by atoms with Gasteiger partial charge in [0.25, 0.3) is 0 Å². The summed E-state index contributed by atoms with van der Waals surface area (Å²) in [5.74, 6) is -2.10. The van der Waals surface area contributed by atoms with Crippen LogP contribution in [-0.4, -0.2) is 86.5 Å². The summed E-state index contributed by atoms with van der Waals surface area (Å²) in [6.45, 7) is 9.18. The molecule has 284 valence electrons. The summed E-state index contributed by atoms with van der Waals surface area (Å²) in [7, 11) is 0. The zero-order chi connectivity index (χ0) is 37.5. The highest BCUT2D eigenvalue weighted by atomic mass is 16.7. The molecule has 2 aliphatic heterocycles. The Morgan fingerprint density at radius 2 is 1.58 bits per heavy atom. The Balaban J connectivity index is 1.26. The van der Waals surface area contributed by atoms with E-state index in [1.807, 2.05) is 81.4 Å². The molecule has 3 heterocycles. The first-order valence-electron chi connectivity index (χ1n) is 18.5. The molecule has 3 N–H and O–H groups in total. The first kappa shape index (κ1) is 36.4. The van der Waals surface area contributed by atoms with Crippen molar-refractivity contribution in [1.82, 2.24) is 4.98 Å². The fourth-order valence-electron chi connectivity index (χ4n) is 11.2. The number of carbonyl (C=O) groups excluding carboxylic acids is 2. The standard InChI is InChI=1S/C41H49NO11/c1-26(2)38-34(51-33(44)30-17-12-20-42-30)39(45)35(4)21-31(43)52-40(41(39,46)36(38,5)53-38)32(49-24-47-22-28-13-8-6-9-14-28)27(3)18-19-37(35,40)50-25-48-23-29-15-10-7-11-16-29/h6-17,20,26-27,32,34,42,45-46H,18-19,21-25H2,1-5H3. The van der Waals surface area contributed by atoms with E-state index in [1.165, 1.54) is 0 Å². The van der Waals surface area contributed by atoms with Crippen LogP contribution in [-0.2, 0) is 51.2 Å². The third kappa shape index (κ3) is 4.42. The number of aromatic nitrogens is 1. The summed E-state index contributed by atoms with van der Waals surface area (Å²) < 4.78 is 45.3. The molecule has 0 radical (unpaired) electrons. The highest BCUT2D eigenvalue weighted by Crippen LogP contribution is 2.86. The van der Waals surface area contributed by atoms with Crippen LogP contribution in [0.1, 0.15) is 75.5 Å². The first-order chi connectivity index (χ1) is 25.3. The van der Waals surface area contributed by atoms with E-state index in [2.05, 4.69) is 4.98 Å². The Labute approximate surface area is 309 Å². The van der Waals surface area contributed by atoms with Gasteiger partial charge in [0.1, 0.15) is 47.8 Å². The van der Waals surface area contributed by atoms with Crippen molar-refractivity contribution in [1.29, 1.82) is 0 Å². The monoisotopic (exact) mass is 731 g/mol. The number of nitrogens with one attached hydrogen (secondary N) is 1. The van der Waals surface area contributed by atoms with Gasteiger partial charge in [0, 0.05) is 11.6 Å². The van der Waals surface area contributed by atoms with E-state index in [0.717, 1.165) is 11.1 Å². The average molecular weight is 732 g/mol. The summed E-state index contributed by atoms with van der Waals surface area (Å²) in [6, 6.07) is 22.5. The normalized spacial score (nSPS) is 40.7. The van der Waals surface area contributed by atoms with Crippen LogP contribution >= 0.6 is 0 Å². The molecule has 0 spiro atoms. The van der Waals surface area contributed by atoms with Crippen LogP contribution in [0.2, 0.25) is 0 Å². The van der Waals surface area contributed by atoms with Crippen molar-refractivity contribution < 1.29 is 53.0 Å². The van der Waals surface area contributed by atoms with Gasteiger partial charge in [-0.3, -0.25) is 4.79 Å². The molecule has 10 atom stereocenters. The van der Waals surface area contributed by atoms with Gasteiger partial charge in [-0.2, -0.15) is 0 Å². The molecule has 2 bridgehead atoms. The van der Waals surface area contributed by atoms with Crippen molar-refractivity contribution in [2.45, 2.75) is 113 Å². The van der Waals surface area contributed by atoms with Gasteiger partial charge in [-0.15, -0.1) is 0 Å². The Hall–Kier alpha value is -3.62. The fourth-order valence-corrected chi connectivity index (χ4v) is 11.2. The Morgan fingerprint density at radius 3 is 2.19 bits per heavy atom. The summed E-state index contributed by atoms with van der Waals surface area (Å²) in [5, 5.41) is 27.8. The van der Waals surface area contributed by atoms with Gasteiger partial charge < -0.3 is 48.4 Å². The Morgan fingerprint density at radius 1 is 0.943 bits per heavy atom. The van der Waals surface area contributed by atoms with E-state index in [-0.39, 0.29) is 57.2 Å². The predicted octanol–water partition coefficient (Wildman–Crippen LogP) is 4.82. The van der Waals surface area contributed by atoms with E-state index in [0.29, 0.717) is 6.42 Å². The van der Waals surface area contributed by atoms with Crippen LogP contribution in [0.15, 0.2) is 79.0 Å². The summed E-state index contributed by atoms with van der Waals surface area (Å²) in [6.07, 6.45) is -0.505. The number of aliphatic hydroxyl groups is 2. The SMILES string of the molecule is CC1CCC2(OCOCc3ccccc3)C3(C)CC(=O)OC2(C1OCOCc1ccccc1)C1(O)C2(C)OC2(C(C)C)C(OC(=O)c2ccc[nH]2)C31O. The average Bonchev–Trinajstić information content (AvgIpc) is 3.39. The minimum Gasteiger partial charge on any atom is -0.451 e. The highest BCUT2D eigenvalue weighted by molar-refractivity contribution is 5.88. The second-order valence-electron chi connectivity index (χ2n) is 16.1. The largest absolute Gasteiger partial charge is 0.451 e. The van der Waals surface area contributed by atoms with Crippen molar-refractivity contribution in [3.8, 4) is 0 Å². The van der Waals surface area contributed by atoms with Crippen LogP contribution in [0.5, 0.6) is 0 Å². The molecule has 3 aliphatic carbocycles. The number of H-pyrrole nitrogens is 1. The van der Waals surface area contributed by atoms with E-state index in [1.54, 1.807) is 32.2 Å². The number of epoxide rings is 1. The van der Waals surface area contributed by atoms with Gasteiger partial charge in [-0.1, -0.05) is 88.4 Å². The maximum atomic E-state index is 14.1. The molecule has 0 amide bonds. The molecular formula is C41H49NO11. The predicted molar refractivity (Wildman–Crippen MR) is 188 cm³/mol. The molecule has 53 heavy (non-hydrogen) atoms. The molecule has 1 aromatic heterocycles. The van der Waals surface area contributed by atoms with Gasteiger partial charge in [-0.25, -0.2) is 4.79 Å². The maximum absolute atomic E-state index is 14.1. The van der Waals surface area contributed by atoms with E-state index in [9.17, 15) is 19.8 Å². The van der Waals surface area contributed by atoms with Crippen molar-refractivity contribution in [2.24, 2.45) is 17.3 Å². The van der Waals surface area contributed by atoms with E-state index >= 15 is 0 Å². The van der Waals surface area contributed by atoms with Crippen LogP contribution in [0.3, 0.4) is 0 Å². The van der Waals surface area contributed by atoms with E-state index < -0.39 is 63.2 Å². The molecule has 8 rings (SSSR count). The van der Waals surface area contributed by atoms with Crippen molar-refractivity contribution >= 4 is 11.9 Å². The molecule has 5 aliphatic rings. The molecule has 2 saturated heterocycles. The smallest absolute Gasteiger partial charge is 0.355 e. The van der Waals surface area contributed by atoms with Gasteiger partial charge in [0.2, 0.25) is 5.60 Å². The highest BCUT2D eigenvalue weighted by Gasteiger charge is 3.09.